The summed E-state index contributed by atoms with van der Waals surface area (Å²) in [6, 6.07) is 19.9. The maximum atomic E-state index is 12.9. The number of amides is 1. The zero-order valence-corrected chi connectivity index (χ0v) is 16.9. The van der Waals surface area contributed by atoms with Gasteiger partial charge in [-0.15, -0.1) is 22.7 Å². The SMILES string of the molecule is O=C(NC=C(c1ccccc1)c1ccccc1)c1sc2cc(C(F)(F)F)sc2c1O. The van der Waals surface area contributed by atoms with Crippen molar-refractivity contribution in [3.05, 3.63) is 93.8 Å². The van der Waals surface area contributed by atoms with E-state index in [0.717, 1.165) is 34.1 Å². The third-order valence-electron chi connectivity index (χ3n) is 4.34. The summed E-state index contributed by atoms with van der Waals surface area (Å²) in [6.45, 7) is 0. The minimum Gasteiger partial charge on any atom is -0.505 e. The van der Waals surface area contributed by atoms with Crippen LogP contribution in [-0.4, -0.2) is 11.0 Å². The van der Waals surface area contributed by atoms with Crippen molar-refractivity contribution in [2.45, 2.75) is 6.18 Å². The number of nitrogens with one attached hydrogen (secondary N) is 1. The maximum Gasteiger partial charge on any atom is 0.425 e. The Morgan fingerprint density at radius 3 is 2.00 bits per heavy atom. The second kappa shape index (κ2) is 7.97. The van der Waals surface area contributed by atoms with Gasteiger partial charge in [-0.05, 0) is 17.2 Å². The Morgan fingerprint density at radius 2 is 1.50 bits per heavy atom. The molecule has 0 bridgehead atoms. The number of hydrogen-bond acceptors (Lipinski definition) is 4. The number of carbonyl (C=O) groups excluding carboxylic acids is 1. The summed E-state index contributed by atoms with van der Waals surface area (Å²) in [7, 11) is 0. The van der Waals surface area contributed by atoms with Gasteiger partial charge < -0.3 is 10.4 Å². The van der Waals surface area contributed by atoms with Crippen LogP contribution in [0.5, 0.6) is 5.75 Å². The zero-order valence-electron chi connectivity index (χ0n) is 15.2. The van der Waals surface area contributed by atoms with Gasteiger partial charge in [0.15, 0.2) is 5.75 Å². The normalized spacial score (nSPS) is 11.4. The smallest absolute Gasteiger partial charge is 0.425 e. The van der Waals surface area contributed by atoms with E-state index in [-0.39, 0.29) is 14.3 Å². The van der Waals surface area contributed by atoms with E-state index >= 15 is 0 Å². The standard InChI is InChI=1S/C22H14F3NO2S2/c23-22(24,25)17-11-16-19(30-17)18(27)20(29-16)21(28)26-12-15(13-7-3-1-4-8-13)14-9-5-2-6-10-14/h1-12,27H,(H,26,28). The Bertz CT molecular complexity index is 1180. The van der Waals surface area contributed by atoms with Gasteiger partial charge in [0.25, 0.3) is 5.91 Å². The van der Waals surface area contributed by atoms with E-state index in [1.807, 2.05) is 60.7 Å². The summed E-state index contributed by atoms with van der Waals surface area (Å²) < 4.78 is 38.9. The van der Waals surface area contributed by atoms with Gasteiger partial charge in [0, 0.05) is 11.8 Å². The lowest BCUT2D eigenvalue weighted by Crippen LogP contribution is -2.16. The van der Waals surface area contributed by atoms with Gasteiger partial charge >= 0.3 is 6.18 Å². The Morgan fingerprint density at radius 1 is 0.933 bits per heavy atom. The molecule has 2 aromatic carbocycles. The number of benzene rings is 2. The summed E-state index contributed by atoms with van der Waals surface area (Å²) in [5.74, 6) is -1.01. The molecule has 4 rings (SSSR count). The van der Waals surface area contributed by atoms with Crippen LogP contribution in [0, 0.1) is 0 Å². The van der Waals surface area contributed by atoms with E-state index in [0.29, 0.717) is 11.3 Å². The molecule has 152 valence electrons. The molecule has 0 atom stereocenters. The first-order valence-corrected chi connectivity index (χ1v) is 10.4. The molecule has 0 saturated heterocycles. The highest BCUT2D eigenvalue weighted by molar-refractivity contribution is 7.29. The number of rotatable bonds is 4. The minimum absolute atomic E-state index is 0.0262. The number of fused-ring (bicyclic) bond motifs is 1. The van der Waals surface area contributed by atoms with E-state index in [4.69, 9.17) is 0 Å². The van der Waals surface area contributed by atoms with Crippen LogP contribution in [0.4, 0.5) is 13.2 Å². The van der Waals surface area contributed by atoms with Crippen LogP contribution in [0.15, 0.2) is 72.9 Å². The molecule has 0 radical (unpaired) electrons. The van der Waals surface area contributed by atoms with Crippen LogP contribution < -0.4 is 5.32 Å². The predicted molar refractivity (Wildman–Crippen MR) is 114 cm³/mol. The van der Waals surface area contributed by atoms with E-state index in [9.17, 15) is 23.1 Å². The average molecular weight is 445 g/mol. The summed E-state index contributed by atoms with van der Waals surface area (Å²) in [6.07, 6.45) is -2.94. The van der Waals surface area contributed by atoms with Crippen molar-refractivity contribution in [1.82, 2.24) is 5.32 Å². The van der Waals surface area contributed by atoms with Gasteiger partial charge in [0.1, 0.15) is 9.75 Å². The lowest BCUT2D eigenvalue weighted by atomic mass is 9.99. The quantitative estimate of drug-likeness (QED) is 0.376. The van der Waals surface area contributed by atoms with Crippen molar-refractivity contribution >= 4 is 43.6 Å². The molecule has 0 aliphatic heterocycles. The van der Waals surface area contributed by atoms with Crippen molar-refractivity contribution in [1.29, 1.82) is 0 Å². The van der Waals surface area contributed by atoms with Crippen LogP contribution in [-0.2, 0) is 6.18 Å². The Kier molecular flexibility index (Phi) is 5.36. The van der Waals surface area contributed by atoms with Crippen molar-refractivity contribution in [3.63, 3.8) is 0 Å². The molecule has 1 amide bonds. The molecule has 8 heteroatoms. The van der Waals surface area contributed by atoms with E-state index in [1.165, 1.54) is 0 Å². The number of thiophene rings is 2. The van der Waals surface area contributed by atoms with Crippen molar-refractivity contribution in [3.8, 4) is 5.75 Å². The second-order valence-electron chi connectivity index (χ2n) is 6.35. The highest BCUT2D eigenvalue weighted by Crippen LogP contribution is 2.46. The van der Waals surface area contributed by atoms with Gasteiger partial charge in [0.05, 0.1) is 9.40 Å². The fraction of sp³-hybridized carbons (Fsp3) is 0.0455. The molecular weight excluding hydrogens is 431 g/mol. The van der Waals surface area contributed by atoms with Gasteiger partial charge in [-0.2, -0.15) is 13.2 Å². The first-order valence-electron chi connectivity index (χ1n) is 8.79. The monoisotopic (exact) mass is 445 g/mol. The minimum atomic E-state index is -4.48. The zero-order chi connectivity index (χ0) is 21.3. The van der Waals surface area contributed by atoms with E-state index in [2.05, 4.69) is 5.32 Å². The van der Waals surface area contributed by atoms with E-state index in [1.54, 1.807) is 6.20 Å². The molecule has 2 N–H and O–H groups in total. The first kappa shape index (κ1) is 20.2. The summed E-state index contributed by atoms with van der Waals surface area (Å²) in [4.78, 5) is 11.8. The summed E-state index contributed by atoms with van der Waals surface area (Å²) in [5, 5.41) is 13.0. The molecule has 3 nitrogen and oxygen atoms in total. The molecule has 0 unspecified atom stereocenters. The lowest BCUT2D eigenvalue weighted by molar-refractivity contribution is -0.134. The van der Waals surface area contributed by atoms with Crippen LogP contribution in [0.25, 0.3) is 15.0 Å². The molecular formula is C22H14F3NO2S2. The van der Waals surface area contributed by atoms with E-state index < -0.39 is 22.7 Å². The number of aromatic hydroxyl groups is 1. The maximum absolute atomic E-state index is 12.9. The highest BCUT2D eigenvalue weighted by atomic mass is 32.1. The van der Waals surface area contributed by atoms with Gasteiger partial charge in [-0.1, -0.05) is 60.7 Å². The molecule has 0 aliphatic rings. The van der Waals surface area contributed by atoms with Crippen molar-refractivity contribution in [2.24, 2.45) is 0 Å². The Balaban J connectivity index is 1.66. The van der Waals surface area contributed by atoms with Gasteiger partial charge in [-0.3, -0.25) is 4.79 Å². The van der Waals surface area contributed by atoms with Crippen molar-refractivity contribution in [2.75, 3.05) is 0 Å². The molecule has 4 aromatic rings. The largest absolute Gasteiger partial charge is 0.505 e. The average Bonchev–Trinajstić information content (AvgIpc) is 3.29. The van der Waals surface area contributed by atoms with Crippen molar-refractivity contribution < 1.29 is 23.1 Å². The Labute approximate surface area is 177 Å². The summed E-state index contributed by atoms with van der Waals surface area (Å²) >= 11 is 1.26. The van der Waals surface area contributed by atoms with Gasteiger partial charge in [0.2, 0.25) is 0 Å². The highest BCUT2D eigenvalue weighted by Gasteiger charge is 2.34. The number of hydrogen-bond donors (Lipinski definition) is 2. The predicted octanol–water partition coefficient (Wildman–Crippen LogP) is 6.51. The number of carbonyl (C=O) groups is 1. The third-order valence-corrected chi connectivity index (χ3v) is 6.78. The number of alkyl halides is 3. The third kappa shape index (κ3) is 3.96. The molecule has 0 saturated carbocycles. The first-order chi connectivity index (χ1) is 14.3. The lowest BCUT2D eigenvalue weighted by Gasteiger charge is -2.09. The molecule has 0 aliphatic carbocycles. The fourth-order valence-corrected chi connectivity index (χ4v) is 5.14. The fourth-order valence-electron chi connectivity index (χ4n) is 2.94. The molecule has 2 aromatic heterocycles. The Hall–Kier alpha value is -3.10. The van der Waals surface area contributed by atoms with Crippen LogP contribution >= 0.6 is 22.7 Å². The van der Waals surface area contributed by atoms with Crippen LogP contribution in [0.3, 0.4) is 0 Å². The van der Waals surface area contributed by atoms with Gasteiger partial charge in [-0.25, -0.2) is 0 Å². The second-order valence-corrected chi connectivity index (χ2v) is 8.45. The topological polar surface area (TPSA) is 49.3 Å². The van der Waals surface area contributed by atoms with Crippen LogP contribution in [0.1, 0.15) is 25.7 Å². The van der Waals surface area contributed by atoms with Crippen LogP contribution in [0.2, 0.25) is 0 Å². The summed E-state index contributed by atoms with van der Waals surface area (Å²) in [5.41, 5.74) is 2.53. The molecule has 30 heavy (non-hydrogen) atoms. The number of halogens is 3. The molecule has 0 fully saturated rings. The molecule has 0 spiro atoms. The molecule has 2 heterocycles.